The molecule has 6 heteroatoms. The third-order valence-corrected chi connectivity index (χ3v) is 5.35. The van der Waals surface area contributed by atoms with Crippen LogP contribution < -0.4 is 0 Å². The first-order valence-corrected chi connectivity index (χ1v) is 9.13. The lowest BCUT2D eigenvalue weighted by Crippen LogP contribution is -1.96. The number of pyridine rings is 1. The summed E-state index contributed by atoms with van der Waals surface area (Å²) in [5.41, 5.74) is 5.55. The molecule has 5 nitrogen and oxygen atoms in total. The monoisotopic (exact) mass is 349 g/mol. The second-order valence-electron chi connectivity index (χ2n) is 6.12. The van der Waals surface area contributed by atoms with E-state index in [-0.39, 0.29) is 0 Å². The molecule has 25 heavy (non-hydrogen) atoms. The Morgan fingerprint density at radius 3 is 2.60 bits per heavy atom. The molecular weight excluding hydrogens is 330 g/mol. The smallest absolute Gasteiger partial charge is 0.191 e. The van der Waals surface area contributed by atoms with Crippen LogP contribution in [0.15, 0.2) is 53.9 Å². The predicted octanol–water partition coefficient (Wildman–Crippen LogP) is 4.04. The van der Waals surface area contributed by atoms with Gasteiger partial charge in [-0.25, -0.2) is 4.98 Å². The number of rotatable bonds is 4. The van der Waals surface area contributed by atoms with Gasteiger partial charge in [0.15, 0.2) is 11.0 Å². The number of aromatic nitrogens is 5. The number of nitrogens with zero attached hydrogens (tertiary/aromatic N) is 5. The van der Waals surface area contributed by atoms with Gasteiger partial charge in [0.05, 0.1) is 5.69 Å². The molecular formula is C19H19N5S. The summed E-state index contributed by atoms with van der Waals surface area (Å²) in [7, 11) is 2.01. The molecule has 0 saturated heterocycles. The van der Waals surface area contributed by atoms with Crippen molar-refractivity contribution in [2.24, 2.45) is 7.05 Å². The van der Waals surface area contributed by atoms with Gasteiger partial charge >= 0.3 is 0 Å². The van der Waals surface area contributed by atoms with Gasteiger partial charge in [-0.05, 0) is 31.0 Å². The van der Waals surface area contributed by atoms with Gasteiger partial charge in [0.1, 0.15) is 5.65 Å². The molecule has 1 aromatic carbocycles. The largest absolute Gasteiger partial charge is 0.307 e. The second-order valence-corrected chi connectivity index (χ2v) is 7.07. The first-order chi connectivity index (χ1) is 12.1. The molecule has 0 bridgehead atoms. The zero-order chi connectivity index (χ0) is 17.4. The zero-order valence-electron chi connectivity index (χ0n) is 14.5. The Labute approximate surface area is 150 Å². The number of thioether (sulfide) groups is 1. The van der Waals surface area contributed by atoms with E-state index in [2.05, 4.69) is 52.8 Å². The standard InChI is InChI=1S/C19H19N5S/c1-13-7-4-5-9-16(13)18-21-22-19(23(18)3)25-12-15-11-24-10-6-8-14(2)17(24)20-15/h4-11H,12H2,1-3H3. The molecule has 126 valence electrons. The molecule has 3 aromatic heterocycles. The Kier molecular flexibility index (Phi) is 4.05. The van der Waals surface area contributed by atoms with Crippen molar-refractivity contribution in [1.29, 1.82) is 0 Å². The van der Waals surface area contributed by atoms with Gasteiger partial charge < -0.3 is 8.97 Å². The fourth-order valence-electron chi connectivity index (χ4n) is 2.91. The van der Waals surface area contributed by atoms with Crippen LogP contribution in [-0.2, 0) is 12.8 Å². The second kappa shape index (κ2) is 6.37. The average Bonchev–Trinajstić information content (AvgIpc) is 3.18. The van der Waals surface area contributed by atoms with Crippen LogP contribution in [0.1, 0.15) is 16.8 Å². The Morgan fingerprint density at radius 1 is 1.00 bits per heavy atom. The first kappa shape index (κ1) is 15.9. The molecule has 0 atom stereocenters. The topological polar surface area (TPSA) is 48.0 Å². The molecule has 0 radical (unpaired) electrons. The van der Waals surface area contributed by atoms with E-state index in [1.54, 1.807) is 11.8 Å². The fraction of sp³-hybridized carbons (Fsp3) is 0.211. The van der Waals surface area contributed by atoms with E-state index in [0.717, 1.165) is 33.6 Å². The number of aryl methyl sites for hydroxylation is 2. The van der Waals surface area contributed by atoms with E-state index in [1.165, 1.54) is 11.1 Å². The van der Waals surface area contributed by atoms with Crippen LogP contribution in [0.5, 0.6) is 0 Å². The normalized spacial score (nSPS) is 11.3. The van der Waals surface area contributed by atoms with Crippen LogP contribution in [0.2, 0.25) is 0 Å². The van der Waals surface area contributed by atoms with Crippen LogP contribution in [0.3, 0.4) is 0 Å². The molecule has 0 unspecified atom stereocenters. The van der Waals surface area contributed by atoms with E-state index in [9.17, 15) is 0 Å². The summed E-state index contributed by atoms with van der Waals surface area (Å²) >= 11 is 1.66. The highest BCUT2D eigenvalue weighted by molar-refractivity contribution is 7.98. The molecule has 0 amide bonds. The van der Waals surface area contributed by atoms with Crippen LogP contribution in [0.25, 0.3) is 17.0 Å². The molecule has 0 spiro atoms. The lowest BCUT2D eigenvalue weighted by atomic mass is 10.1. The summed E-state index contributed by atoms with van der Waals surface area (Å²) in [6.07, 6.45) is 4.11. The van der Waals surface area contributed by atoms with E-state index in [4.69, 9.17) is 4.98 Å². The molecule has 0 aliphatic carbocycles. The highest BCUT2D eigenvalue weighted by Gasteiger charge is 2.13. The molecule has 0 fully saturated rings. The molecule has 3 heterocycles. The van der Waals surface area contributed by atoms with E-state index in [0.29, 0.717) is 0 Å². The molecule has 0 aliphatic rings. The summed E-state index contributed by atoms with van der Waals surface area (Å²) in [6, 6.07) is 12.4. The lowest BCUT2D eigenvalue weighted by Gasteiger charge is -2.05. The van der Waals surface area contributed by atoms with Crippen molar-refractivity contribution in [2.45, 2.75) is 24.8 Å². The summed E-state index contributed by atoms with van der Waals surface area (Å²) < 4.78 is 4.12. The van der Waals surface area contributed by atoms with E-state index < -0.39 is 0 Å². The Bertz CT molecular complexity index is 1050. The van der Waals surface area contributed by atoms with Crippen LogP contribution in [-0.4, -0.2) is 24.1 Å². The molecule has 0 N–H and O–H groups in total. The number of fused-ring (bicyclic) bond motifs is 1. The summed E-state index contributed by atoms with van der Waals surface area (Å²) in [4.78, 5) is 4.72. The fourth-order valence-corrected chi connectivity index (χ4v) is 3.71. The van der Waals surface area contributed by atoms with Gasteiger partial charge in [0.2, 0.25) is 0 Å². The van der Waals surface area contributed by atoms with Gasteiger partial charge in [0.25, 0.3) is 0 Å². The maximum absolute atomic E-state index is 4.72. The quantitative estimate of drug-likeness (QED) is 0.522. The Balaban J connectivity index is 1.57. The summed E-state index contributed by atoms with van der Waals surface area (Å²) in [5, 5.41) is 9.64. The van der Waals surface area contributed by atoms with Gasteiger partial charge in [-0.2, -0.15) is 0 Å². The minimum absolute atomic E-state index is 0.765. The van der Waals surface area contributed by atoms with Crippen molar-refractivity contribution in [3.8, 4) is 11.4 Å². The molecule has 4 rings (SSSR count). The van der Waals surface area contributed by atoms with Crippen LogP contribution in [0, 0.1) is 13.8 Å². The van der Waals surface area contributed by atoms with Crippen molar-refractivity contribution in [3.63, 3.8) is 0 Å². The van der Waals surface area contributed by atoms with Gasteiger partial charge in [-0.1, -0.05) is 42.1 Å². The van der Waals surface area contributed by atoms with Crippen molar-refractivity contribution in [1.82, 2.24) is 24.1 Å². The maximum Gasteiger partial charge on any atom is 0.191 e. The zero-order valence-corrected chi connectivity index (χ0v) is 15.3. The SMILES string of the molecule is Cc1ccccc1-c1nnc(SCc2cn3cccc(C)c3n2)n1C. The summed E-state index contributed by atoms with van der Waals surface area (Å²) in [6.45, 7) is 4.17. The molecule has 4 aromatic rings. The lowest BCUT2D eigenvalue weighted by molar-refractivity contribution is 0.793. The first-order valence-electron chi connectivity index (χ1n) is 8.15. The molecule has 0 aliphatic heterocycles. The predicted molar refractivity (Wildman–Crippen MR) is 101 cm³/mol. The number of imidazole rings is 1. The van der Waals surface area contributed by atoms with Gasteiger partial charge in [0, 0.05) is 30.8 Å². The minimum atomic E-state index is 0.765. The Morgan fingerprint density at radius 2 is 1.80 bits per heavy atom. The minimum Gasteiger partial charge on any atom is -0.307 e. The Hall–Kier alpha value is -2.60. The van der Waals surface area contributed by atoms with Gasteiger partial charge in [-0.15, -0.1) is 10.2 Å². The average molecular weight is 349 g/mol. The highest BCUT2D eigenvalue weighted by Crippen LogP contribution is 2.27. The van der Waals surface area contributed by atoms with Crippen molar-refractivity contribution in [3.05, 3.63) is 65.6 Å². The number of hydrogen-bond donors (Lipinski definition) is 0. The third-order valence-electron chi connectivity index (χ3n) is 4.30. The van der Waals surface area contributed by atoms with Crippen molar-refractivity contribution in [2.75, 3.05) is 0 Å². The van der Waals surface area contributed by atoms with Crippen LogP contribution >= 0.6 is 11.8 Å². The summed E-state index contributed by atoms with van der Waals surface area (Å²) in [5.74, 6) is 1.66. The van der Waals surface area contributed by atoms with Crippen LogP contribution in [0.4, 0.5) is 0 Å². The molecule has 0 saturated carbocycles. The van der Waals surface area contributed by atoms with Gasteiger partial charge in [-0.3, -0.25) is 0 Å². The number of benzene rings is 1. The maximum atomic E-state index is 4.72. The third kappa shape index (κ3) is 2.93. The van der Waals surface area contributed by atoms with Crippen molar-refractivity contribution >= 4 is 17.4 Å². The van der Waals surface area contributed by atoms with Crippen molar-refractivity contribution < 1.29 is 0 Å². The highest BCUT2D eigenvalue weighted by atomic mass is 32.2. The van der Waals surface area contributed by atoms with E-state index >= 15 is 0 Å². The van der Waals surface area contributed by atoms with E-state index in [1.807, 2.05) is 36.0 Å². The number of hydrogen-bond acceptors (Lipinski definition) is 4.